The molecule has 0 atom stereocenters. The summed E-state index contributed by atoms with van der Waals surface area (Å²) >= 11 is 0. The molecule has 0 fully saturated rings. The molecule has 3 rings (SSSR count). The number of hydrogen-bond donors (Lipinski definition) is 0. The highest BCUT2D eigenvalue weighted by molar-refractivity contribution is 5.96. The lowest BCUT2D eigenvalue weighted by molar-refractivity contribution is 0.0726. The second-order valence-corrected chi connectivity index (χ2v) is 5.97. The number of carbonyl (C=O) groups excluding carboxylic acids is 1. The summed E-state index contributed by atoms with van der Waals surface area (Å²) in [5, 5.41) is 0. The average Bonchev–Trinajstić information content (AvgIpc) is 2.72. The van der Waals surface area contributed by atoms with Crippen LogP contribution in [0.1, 0.15) is 21.5 Å². The summed E-state index contributed by atoms with van der Waals surface area (Å²) in [6, 6.07) is 17.4. The van der Waals surface area contributed by atoms with E-state index in [0.717, 1.165) is 5.56 Å². The SMILES string of the molecule is COc1c(F)c(F)c(C)c(C(=O)Oc2ccccc2)c1OCc1ccccc1. The van der Waals surface area contributed by atoms with Crippen LogP contribution in [-0.2, 0) is 6.61 Å². The Hall–Kier alpha value is -3.41. The lowest BCUT2D eigenvalue weighted by Gasteiger charge is -2.18. The fourth-order valence-electron chi connectivity index (χ4n) is 2.70. The lowest BCUT2D eigenvalue weighted by Crippen LogP contribution is -2.16. The molecule has 3 aromatic rings. The second-order valence-electron chi connectivity index (χ2n) is 5.97. The zero-order valence-corrected chi connectivity index (χ0v) is 15.4. The fourth-order valence-corrected chi connectivity index (χ4v) is 2.70. The molecular formula is C22H18F2O4. The van der Waals surface area contributed by atoms with Crippen molar-refractivity contribution in [2.75, 3.05) is 7.11 Å². The molecule has 0 saturated carbocycles. The molecule has 0 amide bonds. The number of ether oxygens (including phenoxy) is 3. The Morgan fingerprint density at radius 3 is 2.11 bits per heavy atom. The van der Waals surface area contributed by atoms with E-state index in [0.29, 0.717) is 0 Å². The van der Waals surface area contributed by atoms with Gasteiger partial charge in [0.15, 0.2) is 11.6 Å². The van der Waals surface area contributed by atoms with E-state index < -0.39 is 23.4 Å². The number of hydrogen-bond acceptors (Lipinski definition) is 4. The molecule has 0 aliphatic rings. The van der Waals surface area contributed by atoms with E-state index in [9.17, 15) is 13.6 Å². The molecule has 28 heavy (non-hydrogen) atoms. The zero-order chi connectivity index (χ0) is 20.1. The van der Waals surface area contributed by atoms with E-state index in [-0.39, 0.29) is 29.2 Å². The molecule has 0 N–H and O–H groups in total. The van der Waals surface area contributed by atoms with Gasteiger partial charge in [0.25, 0.3) is 0 Å². The van der Waals surface area contributed by atoms with Crippen molar-refractivity contribution < 1.29 is 27.8 Å². The fraction of sp³-hybridized carbons (Fsp3) is 0.136. The Labute approximate surface area is 161 Å². The molecule has 0 spiro atoms. The van der Waals surface area contributed by atoms with E-state index in [1.54, 1.807) is 42.5 Å². The Bertz CT molecular complexity index is 973. The van der Waals surface area contributed by atoms with Crippen LogP contribution in [0.15, 0.2) is 60.7 Å². The van der Waals surface area contributed by atoms with Crippen LogP contribution in [0.3, 0.4) is 0 Å². The van der Waals surface area contributed by atoms with Crippen molar-refractivity contribution in [3.63, 3.8) is 0 Å². The van der Waals surface area contributed by atoms with Crippen molar-refractivity contribution in [2.45, 2.75) is 13.5 Å². The van der Waals surface area contributed by atoms with Crippen LogP contribution in [0.2, 0.25) is 0 Å². The summed E-state index contributed by atoms with van der Waals surface area (Å²) in [4.78, 5) is 12.8. The van der Waals surface area contributed by atoms with Gasteiger partial charge in [-0.2, -0.15) is 4.39 Å². The van der Waals surface area contributed by atoms with Crippen molar-refractivity contribution in [2.24, 2.45) is 0 Å². The first-order valence-electron chi connectivity index (χ1n) is 8.52. The predicted octanol–water partition coefficient (Wildman–Crippen LogP) is 5.08. The molecule has 0 aliphatic carbocycles. The molecule has 0 unspecified atom stereocenters. The van der Waals surface area contributed by atoms with Gasteiger partial charge in [-0.25, -0.2) is 9.18 Å². The number of methoxy groups -OCH3 is 1. The van der Waals surface area contributed by atoms with Gasteiger partial charge >= 0.3 is 5.97 Å². The number of rotatable bonds is 6. The van der Waals surface area contributed by atoms with Gasteiger partial charge in [-0.3, -0.25) is 0 Å². The Morgan fingerprint density at radius 2 is 1.50 bits per heavy atom. The number of benzene rings is 3. The van der Waals surface area contributed by atoms with Crippen LogP contribution < -0.4 is 14.2 Å². The molecule has 0 radical (unpaired) electrons. The first-order chi connectivity index (χ1) is 13.5. The van der Waals surface area contributed by atoms with Crippen molar-refractivity contribution in [3.8, 4) is 17.2 Å². The van der Waals surface area contributed by atoms with Gasteiger partial charge in [0.2, 0.25) is 11.6 Å². The second kappa shape index (κ2) is 8.52. The van der Waals surface area contributed by atoms with Crippen molar-refractivity contribution in [1.82, 2.24) is 0 Å². The average molecular weight is 384 g/mol. The molecular weight excluding hydrogens is 366 g/mol. The van der Waals surface area contributed by atoms with Crippen LogP contribution >= 0.6 is 0 Å². The van der Waals surface area contributed by atoms with Crippen molar-refractivity contribution in [1.29, 1.82) is 0 Å². The molecule has 0 aliphatic heterocycles. The molecule has 0 bridgehead atoms. The smallest absolute Gasteiger partial charge is 0.347 e. The van der Waals surface area contributed by atoms with Gasteiger partial charge < -0.3 is 14.2 Å². The normalized spacial score (nSPS) is 10.4. The number of esters is 1. The van der Waals surface area contributed by atoms with Gasteiger partial charge in [-0.05, 0) is 24.6 Å². The minimum atomic E-state index is -1.22. The van der Waals surface area contributed by atoms with Crippen molar-refractivity contribution in [3.05, 3.63) is 89.0 Å². The summed E-state index contributed by atoms with van der Waals surface area (Å²) in [5.74, 6) is -3.71. The van der Waals surface area contributed by atoms with Gasteiger partial charge in [0.05, 0.1) is 7.11 Å². The molecule has 144 valence electrons. The van der Waals surface area contributed by atoms with E-state index in [1.807, 2.05) is 18.2 Å². The Kier molecular flexibility index (Phi) is 5.89. The van der Waals surface area contributed by atoms with E-state index in [1.165, 1.54) is 14.0 Å². The minimum Gasteiger partial charge on any atom is -0.490 e. The Morgan fingerprint density at radius 1 is 0.893 bits per heavy atom. The minimum absolute atomic E-state index is 0.0350. The summed E-state index contributed by atoms with van der Waals surface area (Å²) in [6.45, 7) is 1.32. The maximum atomic E-state index is 14.4. The first-order valence-corrected chi connectivity index (χ1v) is 8.52. The van der Waals surface area contributed by atoms with Gasteiger partial charge in [-0.15, -0.1) is 0 Å². The standard InChI is InChI=1S/C22H18F2O4/c1-14-17(22(25)28-16-11-7-4-8-12-16)20(21(26-2)19(24)18(14)23)27-13-15-9-5-3-6-10-15/h3-12H,13H2,1-2H3. The summed E-state index contributed by atoms with van der Waals surface area (Å²) in [7, 11) is 1.18. The molecule has 3 aromatic carbocycles. The van der Waals surface area contributed by atoms with E-state index >= 15 is 0 Å². The predicted molar refractivity (Wildman–Crippen MR) is 99.8 cm³/mol. The van der Waals surface area contributed by atoms with Gasteiger partial charge in [0.1, 0.15) is 17.9 Å². The molecule has 6 heteroatoms. The molecule has 4 nitrogen and oxygen atoms in total. The van der Waals surface area contributed by atoms with Crippen LogP contribution in [0.5, 0.6) is 17.2 Å². The molecule has 0 aromatic heterocycles. The molecule has 0 heterocycles. The van der Waals surface area contributed by atoms with Crippen LogP contribution in [0, 0.1) is 18.6 Å². The largest absolute Gasteiger partial charge is 0.490 e. The Balaban J connectivity index is 2.03. The van der Waals surface area contributed by atoms with Gasteiger partial charge in [0, 0.05) is 5.56 Å². The maximum Gasteiger partial charge on any atom is 0.347 e. The first kappa shape index (κ1) is 19.4. The number of halogens is 2. The third kappa shape index (κ3) is 3.96. The quantitative estimate of drug-likeness (QED) is 0.439. The van der Waals surface area contributed by atoms with E-state index in [4.69, 9.17) is 14.2 Å². The van der Waals surface area contributed by atoms with Crippen LogP contribution in [-0.4, -0.2) is 13.1 Å². The van der Waals surface area contributed by atoms with Gasteiger partial charge in [-0.1, -0.05) is 48.5 Å². The lowest BCUT2D eigenvalue weighted by atomic mass is 10.1. The summed E-state index contributed by atoms with van der Waals surface area (Å²) in [5.41, 5.74) is 0.340. The third-order valence-corrected chi connectivity index (χ3v) is 4.12. The summed E-state index contributed by atoms with van der Waals surface area (Å²) in [6.07, 6.45) is 0. The highest BCUT2D eigenvalue weighted by Crippen LogP contribution is 2.39. The highest BCUT2D eigenvalue weighted by Gasteiger charge is 2.30. The highest BCUT2D eigenvalue weighted by atomic mass is 19.2. The molecule has 0 saturated heterocycles. The van der Waals surface area contributed by atoms with Crippen molar-refractivity contribution >= 4 is 5.97 Å². The third-order valence-electron chi connectivity index (χ3n) is 4.12. The maximum absolute atomic E-state index is 14.4. The van der Waals surface area contributed by atoms with Crippen LogP contribution in [0.25, 0.3) is 0 Å². The summed E-state index contributed by atoms with van der Waals surface area (Å²) < 4.78 is 44.7. The number of carbonyl (C=O) groups is 1. The zero-order valence-electron chi connectivity index (χ0n) is 15.4. The topological polar surface area (TPSA) is 44.8 Å². The number of para-hydroxylation sites is 1. The van der Waals surface area contributed by atoms with Crippen LogP contribution in [0.4, 0.5) is 8.78 Å². The van der Waals surface area contributed by atoms with E-state index in [2.05, 4.69) is 0 Å². The monoisotopic (exact) mass is 384 g/mol.